The minimum absolute atomic E-state index is 0.0352. The molecular formula is C12H9BrN4O2. The van der Waals surface area contributed by atoms with Gasteiger partial charge in [-0.2, -0.15) is 5.26 Å². The Morgan fingerprint density at radius 1 is 1.58 bits per heavy atom. The van der Waals surface area contributed by atoms with Gasteiger partial charge < -0.3 is 4.74 Å². The lowest BCUT2D eigenvalue weighted by Crippen LogP contribution is -2.11. The number of ether oxygens (including phenoxy) is 1. The summed E-state index contributed by atoms with van der Waals surface area (Å²) in [5.41, 5.74) is 0.529. The number of nitriles is 1. The van der Waals surface area contributed by atoms with Crippen LogP contribution in [0, 0.1) is 11.3 Å². The third-order valence-corrected chi connectivity index (χ3v) is 3.04. The second kappa shape index (κ2) is 5.63. The summed E-state index contributed by atoms with van der Waals surface area (Å²) in [6, 6.07) is 6.87. The zero-order valence-corrected chi connectivity index (χ0v) is 11.6. The Morgan fingerprint density at radius 2 is 2.37 bits per heavy atom. The molecule has 0 unspecified atom stereocenters. The van der Waals surface area contributed by atoms with Crippen LogP contribution in [0.25, 0.3) is 0 Å². The van der Waals surface area contributed by atoms with Gasteiger partial charge in [0.25, 0.3) is 5.82 Å². The van der Waals surface area contributed by atoms with Crippen LogP contribution in [0.2, 0.25) is 0 Å². The van der Waals surface area contributed by atoms with Crippen molar-refractivity contribution in [3.63, 3.8) is 0 Å². The normalized spacial score (nSPS) is 9.95. The summed E-state index contributed by atoms with van der Waals surface area (Å²) >= 11 is 3.32. The van der Waals surface area contributed by atoms with Crippen LogP contribution < -0.4 is 4.74 Å². The van der Waals surface area contributed by atoms with E-state index >= 15 is 0 Å². The summed E-state index contributed by atoms with van der Waals surface area (Å²) in [4.78, 5) is 15.8. The molecule has 0 fully saturated rings. The van der Waals surface area contributed by atoms with Crippen LogP contribution in [0.15, 0.2) is 29.0 Å². The van der Waals surface area contributed by atoms with E-state index in [1.54, 1.807) is 31.4 Å². The van der Waals surface area contributed by atoms with E-state index in [1.807, 2.05) is 0 Å². The largest absolute Gasteiger partial charge is 0.496 e. The Kier molecular flexibility index (Phi) is 3.92. The van der Waals surface area contributed by atoms with Gasteiger partial charge in [-0.1, -0.05) is 0 Å². The van der Waals surface area contributed by atoms with Crippen molar-refractivity contribution < 1.29 is 9.53 Å². The fourth-order valence-corrected chi connectivity index (χ4v) is 2.04. The second-order valence-corrected chi connectivity index (χ2v) is 4.50. The summed E-state index contributed by atoms with van der Waals surface area (Å²) in [6.45, 7) is 0.0352. The third kappa shape index (κ3) is 2.98. The zero-order chi connectivity index (χ0) is 13.8. The highest BCUT2D eigenvalue weighted by molar-refractivity contribution is 9.10. The fraction of sp³-hybridized carbons (Fsp3) is 0.167. The average molecular weight is 321 g/mol. The smallest absolute Gasteiger partial charge is 0.252 e. The van der Waals surface area contributed by atoms with Gasteiger partial charge in [0.1, 0.15) is 24.7 Å². The van der Waals surface area contributed by atoms with Crippen LogP contribution in [0.1, 0.15) is 16.2 Å². The van der Waals surface area contributed by atoms with Crippen molar-refractivity contribution in [2.24, 2.45) is 0 Å². The molecule has 0 aliphatic rings. The molecule has 2 rings (SSSR count). The average Bonchev–Trinajstić information content (AvgIpc) is 2.86. The molecule has 6 nitrogen and oxygen atoms in total. The number of carbonyl (C=O) groups is 1. The Labute approximate surface area is 117 Å². The number of Topliss-reactive ketones (excluding diaryl/α,β-unsaturated/α-hetero) is 1. The first-order valence-corrected chi connectivity index (χ1v) is 6.09. The first kappa shape index (κ1) is 13.2. The van der Waals surface area contributed by atoms with Crippen molar-refractivity contribution in [2.45, 2.75) is 6.54 Å². The number of aromatic nitrogens is 3. The molecule has 1 aromatic heterocycles. The molecule has 0 aliphatic heterocycles. The molecular weight excluding hydrogens is 312 g/mol. The van der Waals surface area contributed by atoms with Gasteiger partial charge >= 0.3 is 0 Å². The minimum Gasteiger partial charge on any atom is -0.496 e. The van der Waals surface area contributed by atoms with Crippen molar-refractivity contribution in [3.8, 4) is 11.8 Å². The molecule has 0 saturated heterocycles. The van der Waals surface area contributed by atoms with E-state index in [-0.39, 0.29) is 18.2 Å². The molecule has 0 bridgehead atoms. The van der Waals surface area contributed by atoms with E-state index < -0.39 is 0 Å². The van der Waals surface area contributed by atoms with Crippen molar-refractivity contribution >= 4 is 21.7 Å². The number of methoxy groups -OCH3 is 1. The van der Waals surface area contributed by atoms with Crippen molar-refractivity contribution in [1.82, 2.24) is 14.8 Å². The third-order valence-electron chi connectivity index (χ3n) is 2.42. The summed E-state index contributed by atoms with van der Waals surface area (Å²) in [7, 11) is 1.56. The number of halogens is 1. The number of ketones is 1. The topological polar surface area (TPSA) is 80.8 Å². The Hall–Kier alpha value is -2.20. The zero-order valence-electron chi connectivity index (χ0n) is 10.00. The van der Waals surface area contributed by atoms with E-state index in [1.165, 1.54) is 11.0 Å². The van der Waals surface area contributed by atoms with E-state index in [0.29, 0.717) is 15.8 Å². The lowest BCUT2D eigenvalue weighted by atomic mass is 10.1. The molecule has 0 radical (unpaired) electrons. The van der Waals surface area contributed by atoms with Crippen LogP contribution in [-0.2, 0) is 6.54 Å². The highest BCUT2D eigenvalue weighted by Crippen LogP contribution is 2.25. The molecule has 0 aliphatic carbocycles. The number of hydrogen-bond donors (Lipinski definition) is 0. The SMILES string of the molecule is COc1ccc(C(=O)Cn2cnc(C#N)n2)cc1Br. The highest BCUT2D eigenvalue weighted by Gasteiger charge is 2.11. The molecule has 2 aromatic rings. The van der Waals surface area contributed by atoms with Crippen molar-refractivity contribution in [2.75, 3.05) is 7.11 Å². The van der Waals surface area contributed by atoms with Gasteiger partial charge in [-0.3, -0.25) is 4.79 Å². The Morgan fingerprint density at radius 3 is 2.95 bits per heavy atom. The van der Waals surface area contributed by atoms with Crippen LogP contribution >= 0.6 is 15.9 Å². The first-order valence-electron chi connectivity index (χ1n) is 5.30. The van der Waals surface area contributed by atoms with E-state index in [4.69, 9.17) is 10.00 Å². The second-order valence-electron chi connectivity index (χ2n) is 3.65. The summed E-state index contributed by atoms with van der Waals surface area (Å²) in [5.74, 6) is 0.575. The summed E-state index contributed by atoms with van der Waals surface area (Å²) in [6.07, 6.45) is 1.36. The number of carbonyl (C=O) groups excluding carboxylic acids is 1. The summed E-state index contributed by atoms with van der Waals surface area (Å²) < 4.78 is 7.13. The summed E-state index contributed by atoms with van der Waals surface area (Å²) in [5, 5.41) is 12.4. The molecule has 0 saturated carbocycles. The molecule has 0 N–H and O–H groups in total. The number of hydrogen-bond acceptors (Lipinski definition) is 5. The molecule has 96 valence electrons. The van der Waals surface area contributed by atoms with Gasteiger partial charge in [0.05, 0.1) is 11.6 Å². The molecule has 19 heavy (non-hydrogen) atoms. The first-order chi connectivity index (χ1) is 9.13. The standard InChI is InChI=1S/C12H9BrN4O2/c1-19-11-3-2-8(4-9(11)13)10(18)6-17-7-15-12(5-14)16-17/h2-4,7H,6H2,1H3. The minimum atomic E-state index is -0.127. The number of rotatable bonds is 4. The van der Waals surface area contributed by atoms with Crippen LogP contribution in [0.5, 0.6) is 5.75 Å². The monoisotopic (exact) mass is 320 g/mol. The Bertz CT molecular complexity index is 660. The van der Waals surface area contributed by atoms with Crippen molar-refractivity contribution in [3.05, 3.63) is 40.4 Å². The van der Waals surface area contributed by atoms with Gasteiger partial charge in [-0.15, -0.1) is 5.10 Å². The quantitative estimate of drug-likeness (QED) is 0.802. The maximum absolute atomic E-state index is 12.0. The van der Waals surface area contributed by atoms with Crippen LogP contribution in [-0.4, -0.2) is 27.7 Å². The van der Waals surface area contributed by atoms with Gasteiger partial charge in [0.15, 0.2) is 5.78 Å². The van der Waals surface area contributed by atoms with Crippen LogP contribution in [0.3, 0.4) is 0 Å². The van der Waals surface area contributed by atoms with E-state index in [0.717, 1.165) is 0 Å². The van der Waals surface area contributed by atoms with Gasteiger partial charge in [-0.25, -0.2) is 9.67 Å². The predicted octanol–water partition coefficient (Wildman–Crippen LogP) is 1.80. The van der Waals surface area contributed by atoms with E-state index in [2.05, 4.69) is 26.0 Å². The van der Waals surface area contributed by atoms with Crippen molar-refractivity contribution in [1.29, 1.82) is 5.26 Å². The number of nitrogens with zero attached hydrogens (tertiary/aromatic N) is 4. The van der Waals surface area contributed by atoms with Gasteiger partial charge in [0, 0.05) is 5.56 Å². The Balaban J connectivity index is 2.16. The molecule has 0 spiro atoms. The lowest BCUT2D eigenvalue weighted by molar-refractivity contribution is 0.0967. The highest BCUT2D eigenvalue weighted by atomic mass is 79.9. The molecule has 7 heteroatoms. The maximum Gasteiger partial charge on any atom is 0.252 e. The lowest BCUT2D eigenvalue weighted by Gasteiger charge is -2.05. The van der Waals surface area contributed by atoms with E-state index in [9.17, 15) is 4.79 Å². The maximum atomic E-state index is 12.0. The van der Waals surface area contributed by atoms with Gasteiger partial charge in [0.2, 0.25) is 0 Å². The van der Waals surface area contributed by atoms with Crippen LogP contribution in [0.4, 0.5) is 0 Å². The molecule has 0 amide bonds. The number of benzene rings is 1. The van der Waals surface area contributed by atoms with Gasteiger partial charge in [-0.05, 0) is 34.1 Å². The molecule has 1 heterocycles. The molecule has 1 aromatic carbocycles. The molecule has 0 atom stereocenters. The predicted molar refractivity (Wildman–Crippen MR) is 69.8 cm³/mol. The fourth-order valence-electron chi connectivity index (χ4n) is 1.50.